The number of hydrogen-bond acceptors (Lipinski definition) is 7. The van der Waals surface area contributed by atoms with Gasteiger partial charge in [0.05, 0.1) is 25.3 Å². The summed E-state index contributed by atoms with van der Waals surface area (Å²) in [4.78, 5) is 12.1. The lowest BCUT2D eigenvalue weighted by molar-refractivity contribution is 0.405. The molecule has 136 valence electrons. The molecule has 7 heteroatoms. The number of nitrogens with one attached hydrogen (secondary N) is 1. The number of ether oxygens (including phenoxy) is 2. The van der Waals surface area contributed by atoms with Crippen LogP contribution in [0.1, 0.15) is 23.3 Å². The molecule has 1 aliphatic rings. The average molecular weight is 388 g/mol. The number of benzene rings is 1. The molecule has 0 fully saturated rings. The van der Waals surface area contributed by atoms with Crippen LogP contribution in [0, 0.1) is 0 Å². The Kier molecular flexibility index (Phi) is 4.91. The van der Waals surface area contributed by atoms with Crippen LogP contribution in [0.3, 0.4) is 0 Å². The maximum absolute atomic E-state index is 5.52. The number of anilines is 2. The van der Waals surface area contributed by atoms with Crippen molar-refractivity contribution < 1.29 is 9.47 Å². The fourth-order valence-corrected chi connectivity index (χ4v) is 5.04. The maximum Gasteiger partial charge on any atom is 0.190 e. The number of thioether (sulfide) groups is 1. The molecular formula is C19H21N3O2S2. The van der Waals surface area contributed by atoms with Crippen molar-refractivity contribution in [1.29, 1.82) is 0 Å². The van der Waals surface area contributed by atoms with Gasteiger partial charge in [0.25, 0.3) is 0 Å². The fourth-order valence-electron chi connectivity index (χ4n) is 3.36. The highest BCUT2D eigenvalue weighted by Crippen LogP contribution is 2.41. The number of aryl methyl sites for hydroxylation is 2. The zero-order valence-corrected chi connectivity index (χ0v) is 16.7. The van der Waals surface area contributed by atoms with E-state index in [1.54, 1.807) is 26.0 Å². The summed E-state index contributed by atoms with van der Waals surface area (Å²) >= 11 is 3.37. The summed E-state index contributed by atoms with van der Waals surface area (Å²) in [5.41, 5.74) is 2.25. The Bertz CT molecular complexity index is 956. The van der Waals surface area contributed by atoms with E-state index in [0.29, 0.717) is 0 Å². The number of fused-ring (bicyclic) bond motifs is 3. The summed E-state index contributed by atoms with van der Waals surface area (Å²) in [6.45, 7) is 0. The van der Waals surface area contributed by atoms with Gasteiger partial charge >= 0.3 is 0 Å². The predicted octanol–water partition coefficient (Wildman–Crippen LogP) is 5.05. The molecule has 0 radical (unpaired) electrons. The Balaban J connectivity index is 1.87. The van der Waals surface area contributed by atoms with Crippen LogP contribution in [0.5, 0.6) is 11.5 Å². The molecule has 0 atom stereocenters. The van der Waals surface area contributed by atoms with Crippen LogP contribution in [0.2, 0.25) is 0 Å². The molecule has 1 N–H and O–H groups in total. The number of thiophene rings is 1. The first-order valence-corrected chi connectivity index (χ1v) is 10.6. The molecule has 0 saturated heterocycles. The van der Waals surface area contributed by atoms with E-state index in [2.05, 4.69) is 5.32 Å². The van der Waals surface area contributed by atoms with Crippen molar-refractivity contribution in [1.82, 2.24) is 9.97 Å². The van der Waals surface area contributed by atoms with Gasteiger partial charge in [-0.05, 0) is 49.6 Å². The van der Waals surface area contributed by atoms with Crippen molar-refractivity contribution in [2.45, 2.75) is 30.8 Å². The zero-order valence-electron chi connectivity index (χ0n) is 15.1. The van der Waals surface area contributed by atoms with Gasteiger partial charge in [0.1, 0.15) is 22.1 Å². The lowest BCUT2D eigenvalue weighted by Gasteiger charge is -2.15. The molecule has 4 rings (SSSR count). The molecular weight excluding hydrogens is 366 g/mol. The summed E-state index contributed by atoms with van der Waals surface area (Å²) in [5, 5.41) is 5.43. The minimum absolute atomic E-state index is 0.757. The molecule has 0 spiro atoms. The molecule has 1 aromatic carbocycles. The Morgan fingerprint density at radius 2 is 1.96 bits per heavy atom. The van der Waals surface area contributed by atoms with Crippen LogP contribution < -0.4 is 14.8 Å². The second-order valence-corrected chi connectivity index (χ2v) is 8.00. The van der Waals surface area contributed by atoms with Crippen molar-refractivity contribution in [3.63, 3.8) is 0 Å². The van der Waals surface area contributed by atoms with E-state index >= 15 is 0 Å². The molecule has 3 aromatic rings. The van der Waals surface area contributed by atoms with Gasteiger partial charge in [-0.1, -0.05) is 11.8 Å². The molecule has 0 unspecified atom stereocenters. The maximum atomic E-state index is 5.52. The normalized spacial score (nSPS) is 13.5. The number of hydrogen-bond donors (Lipinski definition) is 1. The van der Waals surface area contributed by atoms with Gasteiger partial charge in [0.15, 0.2) is 5.16 Å². The Hall–Kier alpha value is -1.99. The monoisotopic (exact) mass is 387 g/mol. The second-order valence-electron chi connectivity index (χ2n) is 6.14. The van der Waals surface area contributed by atoms with E-state index in [0.717, 1.165) is 51.2 Å². The van der Waals surface area contributed by atoms with Gasteiger partial charge in [0.2, 0.25) is 0 Å². The lowest BCUT2D eigenvalue weighted by atomic mass is 9.97. The minimum atomic E-state index is 0.757. The third-order valence-corrected chi connectivity index (χ3v) is 6.37. The predicted molar refractivity (Wildman–Crippen MR) is 109 cm³/mol. The van der Waals surface area contributed by atoms with Gasteiger partial charge < -0.3 is 14.8 Å². The summed E-state index contributed by atoms with van der Waals surface area (Å²) in [5.74, 6) is 2.38. The molecule has 1 aliphatic carbocycles. The standard InChI is InChI=1S/C19H21N3O2S2/c1-23-11-8-9-14(24-2)13(10-11)20-17-16-12-6-4-5-7-15(12)26-18(16)22-19(21-17)25-3/h8-10H,4-7H2,1-3H3,(H,20,21,22). The number of methoxy groups -OCH3 is 2. The highest BCUT2D eigenvalue weighted by atomic mass is 32.2. The van der Waals surface area contributed by atoms with Gasteiger partial charge in [-0.25, -0.2) is 9.97 Å². The van der Waals surface area contributed by atoms with Crippen molar-refractivity contribution in [3.05, 3.63) is 28.6 Å². The first kappa shape index (κ1) is 17.4. The van der Waals surface area contributed by atoms with E-state index in [1.807, 2.05) is 35.8 Å². The van der Waals surface area contributed by atoms with Gasteiger partial charge in [-0.2, -0.15) is 0 Å². The first-order valence-electron chi connectivity index (χ1n) is 8.58. The van der Waals surface area contributed by atoms with Crippen molar-refractivity contribution in [2.24, 2.45) is 0 Å². The molecule has 0 amide bonds. The van der Waals surface area contributed by atoms with Crippen LogP contribution in [0.4, 0.5) is 11.5 Å². The Morgan fingerprint density at radius 3 is 2.73 bits per heavy atom. The minimum Gasteiger partial charge on any atom is -0.497 e. The van der Waals surface area contributed by atoms with Crippen LogP contribution in [0.15, 0.2) is 23.4 Å². The summed E-state index contributed by atoms with van der Waals surface area (Å²) < 4.78 is 10.9. The van der Waals surface area contributed by atoms with Crippen LogP contribution in [-0.2, 0) is 12.8 Å². The van der Waals surface area contributed by atoms with Gasteiger partial charge in [-0.15, -0.1) is 11.3 Å². The lowest BCUT2D eigenvalue weighted by Crippen LogP contribution is -2.03. The SMILES string of the molecule is COc1ccc(OC)c(Nc2nc(SC)nc3sc4c(c23)CCCC4)c1. The van der Waals surface area contributed by atoms with E-state index in [9.17, 15) is 0 Å². The van der Waals surface area contributed by atoms with Crippen molar-refractivity contribution >= 4 is 44.8 Å². The molecule has 0 aliphatic heterocycles. The molecule has 5 nitrogen and oxygen atoms in total. The van der Waals surface area contributed by atoms with Gasteiger partial charge in [0, 0.05) is 10.9 Å². The van der Waals surface area contributed by atoms with Crippen LogP contribution >= 0.6 is 23.1 Å². The number of rotatable bonds is 5. The number of aromatic nitrogens is 2. The van der Waals surface area contributed by atoms with Crippen molar-refractivity contribution in [2.75, 3.05) is 25.8 Å². The Morgan fingerprint density at radius 1 is 1.12 bits per heavy atom. The third kappa shape index (κ3) is 3.10. The molecule has 0 bridgehead atoms. The molecule has 2 aromatic heterocycles. The first-order chi connectivity index (χ1) is 12.7. The quantitative estimate of drug-likeness (QED) is 0.488. The largest absolute Gasteiger partial charge is 0.497 e. The fraction of sp³-hybridized carbons (Fsp3) is 0.368. The smallest absolute Gasteiger partial charge is 0.190 e. The van der Waals surface area contributed by atoms with Crippen LogP contribution in [-0.4, -0.2) is 30.4 Å². The second kappa shape index (κ2) is 7.32. The third-order valence-electron chi connectivity index (χ3n) is 4.64. The number of nitrogens with zero attached hydrogens (tertiary/aromatic N) is 2. The molecule has 0 saturated carbocycles. The van der Waals surface area contributed by atoms with Crippen molar-refractivity contribution in [3.8, 4) is 11.5 Å². The van der Waals surface area contributed by atoms with E-state index < -0.39 is 0 Å². The van der Waals surface area contributed by atoms with Crippen LogP contribution in [0.25, 0.3) is 10.2 Å². The topological polar surface area (TPSA) is 56.3 Å². The highest BCUT2D eigenvalue weighted by molar-refractivity contribution is 7.98. The summed E-state index contributed by atoms with van der Waals surface area (Å²) in [6, 6.07) is 5.72. The Labute approximate surface area is 161 Å². The molecule has 26 heavy (non-hydrogen) atoms. The average Bonchev–Trinajstić information content (AvgIpc) is 3.06. The zero-order chi connectivity index (χ0) is 18.1. The highest BCUT2D eigenvalue weighted by Gasteiger charge is 2.21. The molecule has 2 heterocycles. The van der Waals surface area contributed by atoms with E-state index in [-0.39, 0.29) is 0 Å². The van der Waals surface area contributed by atoms with E-state index in [4.69, 9.17) is 19.4 Å². The van der Waals surface area contributed by atoms with E-state index in [1.165, 1.54) is 23.3 Å². The summed E-state index contributed by atoms with van der Waals surface area (Å²) in [6.07, 6.45) is 6.73. The van der Waals surface area contributed by atoms with Gasteiger partial charge in [-0.3, -0.25) is 0 Å². The summed E-state index contributed by atoms with van der Waals surface area (Å²) in [7, 11) is 3.33.